The van der Waals surface area contributed by atoms with Gasteiger partial charge in [0.25, 0.3) is 11.8 Å². The van der Waals surface area contributed by atoms with Crippen LogP contribution >= 0.6 is 27.5 Å². The van der Waals surface area contributed by atoms with E-state index in [0.29, 0.717) is 0 Å². The molecule has 1 heterocycles. The van der Waals surface area contributed by atoms with Crippen LogP contribution in [0.1, 0.15) is 43.1 Å². The molecule has 1 fully saturated rings. The second-order valence-electron chi connectivity index (χ2n) is 9.93. The number of aromatic hydroxyl groups is 1. The molecule has 3 rings (SSSR count). The number of carbonyl (C=O) groups excluding carboxylic acids is 3. The molecule has 0 radical (unpaired) electrons. The van der Waals surface area contributed by atoms with Gasteiger partial charge < -0.3 is 25.7 Å². The summed E-state index contributed by atoms with van der Waals surface area (Å²) in [7, 11) is 0. The van der Waals surface area contributed by atoms with Crippen LogP contribution in [0.5, 0.6) is 5.75 Å². The highest BCUT2D eigenvalue weighted by Gasteiger charge is 2.43. The molecule has 8 nitrogen and oxygen atoms in total. The fourth-order valence-corrected chi connectivity index (χ4v) is 4.88. The zero-order chi connectivity index (χ0) is 26.6. The monoisotopic (exact) mass is 579 g/mol. The first-order chi connectivity index (χ1) is 16.9. The largest absolute Gasteiger partial charge is 0.507 e. The van der Waals surface area contributed by atoms with Gasteiger partial charge in [-0.3, -0.25) is 14.4 Å². The van der Waals surface area contributed by atoms with E-state index in [9.17, 15) is 24.6 Å². The quantitative estimate of drug-likeness (QED) is 0.376. The molecule has 0 unspecified atom stereocenters. The van der Waals surface area contributed by atoms with Crippen molar-refractivity contribution < 1.29 is 24.6 Å². The minimum atomic E-state index is -1.64. The fourth-order valence-electron chi connectivity index (χ4n) is 4.12. The standard InChI is InChI=1S/C26H31BrClN3O5/c1-26(2,3)30-24(35)19-13-16(28)14-31(19)25(36)22(33)18(12-15-8-5-4-6-9-15)29-23(34)17-10-7-11-20(32)21(17)27/h4-11,16,18-19,22,32-33H,12-14H2,1-3H3,(H,29,34)(H,30,35)/t16-,18-,19-,22-/m0/s1. The third-order valence-electron chi connectivity index (χ3n) is 5.81. The molecule has 0 aromatic heterocycles. The van der Waals surface area contributed by atoms with Crippen LogP contribution in [0, 0.1) is 0 Å². The lowest BCUT2D eigenvalue weighted by Crippen LogP contribution is -2.57. The highest BCUT2D eigenvalue weighted by molar-refractivity contribution is 9.10. The van der Waals surface area contributed by atoms with Crippen molar-refractivity contribution in [3.63, 3.8) is 0 Å². The molecular formula is C26H31BrClN3O5. The molecule has 4 N–H and O–H groups in total. The smallest absolute Gasteiger partial charge is 0.254 e. The summed E-state index contributed by atoms with van der Waals surface area (Å²) in [5, 5.41) is 26.3. The highest BCUT2D eigenvalue weighted by atomic mass is 79.9. The average Bonchev–Trinajstić information content (AvgIpc) is 3.21. The van der Waals surface area contributed by atoms with Gasteiger partial charge in [-0.25, -0.2) is 0 Å². The Kier molecular flexibility index (Phi) is 9.03. The van der Waals surface area contributed by atoms with Gasteiger partial charge in [0.2, 0.25) is 5.91 Å². The Balaban J connectivity index is 1.86. The SMILES string of the molecule is CC(C)(C)NC(=O)[C@@H]1C[C@H](Cl)CN1C(=O)[C@@H](O)[C@H](Cc1ccccc1)NC(=O)c1cccc(O)c1Br. The predicted octanol–water partition coefficient (Wildman–Crippen LogP) is 2.98. The fraction of sp³-hybridized carbons (Fsp3) is 0.423. The lowest BCUT2D eigenvalue weighted by molar-refractivity contribution is -0.146. The van der Waals surface area contributed by atoms with Gasteiger partial charge in [0.15, 0.2) is 6.10 Å². The Morgan fingerprint density at radius 1 is 1.14 bits per heavy atom. The Labute approximate surface area is 224 Å². The number of nitrogens with zero attached hydrogens (tertiary/aromatic N) is 1. The minimum Gasteiger partial charge on any atom is -0.507 e. The number of carbonyl (C=O) groups is 3. The number of phenolic OH excluding ortho intramolecular Hbond substituents is 1. The van der Waals surface area contributed by atoms with E-state index >= 15 is 0 Å². The van der Waals surface area contributed by atoms with Crippen LogP contribution in [0.3, 0.4) is 0 Å². The molecule has 0 saturated carbocycles. The number of phenols is 1. The van der Waals surface area contributed by atoms with Crippen molar-refractivity contribution in [3.05, 3.63) is 64.1 Å². The molecule has 3 amide bonds. The number of amides is 3. The van der Waals surface area contributed by atoms with E-state index in [1.165, 1.54) is 23.1 Å². The summed E-state index contributed by atoms with van der Waals surface area (Å²) < 4.78 is 0.199. The molecule has 194 valence electrons. The summed E-state index contributed by atoms with van der Waals surface area (Å²) in [6, 6.07) is 11.7. The molecule has 1 saturated heterocycles. The minimum absolute atomic E-state index is 0.101. The number of rotatable bonds is 7. The van der Waals surface area contributed by atoms with E-state index in [0.717, 1.165) is 5.56 Å². The molecule has 36 heavy (non-hydrogen) atoms. The van der Waals surface area contributed by atoms with Crippen molar-refractivity contribution in [3.8, 4) is 5.75 Å². The van der Waals surface area contributed by atoms with Crippen molar-refractivity contribution in [2.75, 3.05) is 6.54 Å². The molecule has 1 aliphatic rings. The molecule has 0 aliphatic carbocycles. The summed E-state index contributed by atoms with van der Waals surface area (Å²) in [5.41, 5.74) is 0.438. The van der Waals surface area contributed by atoms with Crippen LogP contribution in [0.2, 0.25) is 0 Å². The maximum absolute atomic E-state index is 13.5. The number of aliphatic hydroxyl groups excluding tert-OH is 1. The number of benzene rings is 2. The molecule has 1 aliphatic heterocycles. The number of aliphatic hydroxyl groups is 1. The molecule has 2 aromatic rings. The maximum Gasteiger partial charge on any atom is 0.254 e. The van der Waals surface area contributed by atoms with Gasteiger partial charge in [0.1, 0.15) is 11.8 Å². The van der Waals surface area contributed by atoms with Crippen molar-refractivity contribution in [2.45, 2.75) is 62.7 Å². The van der Waals surface area contributed by atoms with Crippen LogP contribution < -0.4 is 10.6 Å². The number of likely N-dealkylation sites (tertiary alicyclic amines) is 1. The van der Waals surface area contributed by atoms with Crippen molar-refractivity contribution in [1.29, 1.82) is 0 Å². The highest BCUT2D eigenvalue weighted by Crippen LogP contribution is 2.28. The Hall–Kier alpha value is -2.62. The molecule has 2 aromatic carbocycles. The summed E-state index contributed by atoms with van der Waals surface area (Å²) >= 11 is 9.52. The van der Waals surface area contributed by atoms with Gasteiger partial charge in [-0.15, -0.1) is 11.6 Å². The Morgan fingerprint density at radius 3 is 2.44 bits per heavy atom. The second kappa shape index (κ2) is 11.6. The Morgan fingerprint density at radius 2 is 1.81 bits per heavy atom. The second-order valence-corrected chi connectivity index (χ2v) is 11.3. The summed E-state index contributed by atoms with van der Waals surface area (Å²) in [6.45, 7) is 5.61. The van der Waals surface area contributed by atoms with Crippen LogP contribution in [0.15, 0.2) is 53.0 Å². The Bertz CT molecular complexity index is 1110. The number of halogens is 2. The maximum atomic E-state index is 13.5. The predicted molar refractivity (Wildman–Crippen MR) is 141 cm³/mol. The first-order valence-corrected chi connectivity index (χ1v) is 12.9. The first kappa shape index (κ1) is 28.0. The average molecular weight is 581 g/mol. The lowest BCUT2D eigenvalue weighted by Gasteiger charge is -2.32. The van der Waals surface area contributed by atoms with Gasteiger partial charge in [0, 0.05) is 12.1 Å². The number of nitrogens with one attached hydrogen (secondary N) is 2. The number of hydrogen-bond donors (Lipinski definition) is 4. The number of hydrogen-bond acceptors (Lipinski definition) is 5. The van der Waals surface area contributed by atoms with E-state index in [-0.39, 0.29) is 41.1 Å². The molecule has 0 spiro atoms. The van der Waals surface area contributed by atoms with E-state index in [4.69, 9.17) is 11.6 Å². The van der Waals surface area contributed by atoms with Gasteiger partial charge in [-0.2, -0.15) is 0 Å². The van der Waals surface area contributed by atoms with Crippen LogP contribution in [0.25, 0.3) is 0 Å². The van der Waals surface area contributed by atoms with E-state index in [1.807, 2.05) is 51.1 Å². The number of alkyl halides is 1. The van der Waals surface area contributed by atoms with E-state index in [1.54, 1.807) is 0 Å². The van der Waals surface area contributed by atoms with Crippen molar-refractivity contribution in [2.24, 2.45) is 0 Å². The van der Waals surface area contributed by atoms with Gasteiger partial charge >= 0.3 is 0 Å². The van der Waals surface area contributed by atoms with Gasteiger partial charge in [-0.1, -0.05) is 36.4 Å². The normalized spacial score (nSPS) is 19.4. The first-order valence-electron chi connectivity index (χ1n) is 11.6. The van der Waals surface area contributed by atoms with Crippen molar-refractivity contribution in [1.82, 2.24) is 15.5 Å². The molecule has 0 bridgehead atoms. The molecule has 10 heteroatoms. The zero-order valence-corrected chi connectivity index (χ0v) is 22.7. The van der Waals surface area contributed by atoms with Gasteiger partial charge in [0.05, 0.1) is 21.5 Å². The van der Waals surface area contributed by atoms with E-state index < -0.39 is 40.9 Å². The summed E-state index contributed by atoms with van der Waals surface area (Å²) in [5.74, 6) is -1.73. The summed E-state index contributed by atoms with van der Waals surface area (Å²) in [4.78, 5) is 40.7. The van der Waals surface area contributed by atoms with Gasteiger partial charge in [-0.05, 0) is 67.2 Å². The third kappa shape index (κ3) is 6.99. The lowest BCUT2D eigenvalue weighted by atomic mass is 9.99. The van der Waals surface area contributed by atoms with Crippen LogP contribution in [-0.4, -0.2) is 68.5 Å². The van der Waals surface area contributed by atoms with Crippen molar-refractivity contribution >= 4 is 45.3 Å². The van der Waals surface area contributed by atoms with Crippen LogP contribution in [-0.2, 0) is 16.0 Å². The zero-order valence-electron chi connectivity index (χ0n) is 20.4. The summed E-state index contributed by atoms with van der Waals surface area (Å²) in [6.07, 6.45) is -1.22. The van der Waals surface area contributed by atoms with E-state index in [2.05, 4.69) is 26.6 Å². The van der Waals surface area contributed by atoms with Crippen LogP contribution in [0.4, 0.5) is 0 Å². The topological polar surface area (TPSA) is 119 Å². The molecule has 4 atom stereocenters. The third-order valence-corrected chi connectivity index (χ3v) is 6.96. The molecular weight excluding hydrogens is 550 g/mol.